The van der Waals surface area contributed by atoms with Gasteiger partial charge in [-0.1, -0.05) is 46.5 Å². The molecule has 1 saturated carbocycles. The Hall–Kier alpha value is -0.340. The summed E-state index contributed by atoms with van der Waals surface area (Å²) in [6.45, 7) is 7.17. The minimum atomic E-state index is 0.764. The van der Waals surface area contributed by atoms with E-state index < -0.39 is 0 Å². The zero-order valence-corrected chi connectivity index (χ0v) is 16.0. The lowest BCUT2D eigenvalue weighted by Crippen LogP contribution is -2.17. The number of aryl methyl sites for hydroxylation is 1. The monoisotopic (exact) mass is 334 g/mol. The summed E-state index contributed by atoms with van der Waals surface area (Å²) in [4.78, 5) is 3.24. The zero-order chi connectivity index (χ0) is 15.5. The molecule has 0 amide bonds. The minimum Gasteiger partial charge on any atom is -0.139 e. The molecule has 1 unspecified atom stereocenters. The second kappa shape index (κ2) is 7.49. The molecule has 122 valence electrons. The van der Waals surface area contributed by atoms with Crippen LogP contribution in [0.4, 0.5) is 0 Å². The third-order valence-corrected chi connectivity index (χ3v) is 8.07. The summed E-state index contributed by atoms with van der Waals surface area (Å²) in [7, 11) is 0. The molecule has 22 heavy (non-hydrogen) atoms. The van der Waals surface area contributed by atoms with Crippen LogP contribution in [-0.4, -0.2) is 0 Å². The van der Waals surface area contributed by atoms with Gasteiger partial charge in [-0.3, -0.25) is 0 Å². The molecule has 2 aromatic heterocycles. The van der Waals surface area contributed by atoms with Gasteiger partial charge in [0.15, 0.2) is 0 Å². The SMILES string of the molecule is CCCCCc1cc2sc(C(C)C3CCC(C)CC3)cc2s1. The topological polar surface area (TPSA) is 0 Å². The van der Waals surface area contributed by atoms with Crippen molar-refractivity contribution in [3.8, 4) is 0 Å². The minimum absolute atomic E-state index is 0.764. The van der Waals surface area contributed by atoms with Crippen LogP contribution in [0, 0.1) is 11.8 Å². The van der Waals surface area contributed by atoms with Crippen LogP contribution in [0.3, 0.4) is 0 Å². The molecule has 0 spiro atoms. The molecule has 0 aromatic carbocycles. The van der Waals surface area contributed by atoms with Crippen molar-refractivity contribution in [1.29, 1.82) is 0 Å². The normalized spacial score (nSPS) is 24.0. The molecule has 0 nitrogen and oxygen atoms in total. The maximum absolute atomic E-state index is 2.51. The van der Waals surface area contributed by atoms with Crippen molar-refractivity contribution >= 4 is 32.1 Å². The summed E-state index contributed by atoms with van der Waals surface area (Å²) in [5.74, 6) is 2.65. The van der Waals surface area contributed by atoms with Gasteiger partial charge in [-0.05, 0) is 55.6 Å². The number of hydrogen-bond acceptors (Lipinski definition) is 2. The van der Waals surface area contributed by atoms with E-state index in [1.165, 1.54) is 51.4 Å². The first-order chi connectivity index (χ1) is 10.7. The quantitative estimate of drug-likeness (QED) is 0.476. The van der Waals surface area contributed by atoms with Gasteiger partial charge in [-0.15, -0.1) is 22.7 Å². The first kappa shape index (κ1) is 16.5. The van der Waals surface area contributed by atoms with Crippen LogP contribution >= 0.6 is 22.7 Å². The van der Waals surface area contributed by atoms with E-state index in [1.807, 2.05) is 11.3 Å². The van der Waals surface area contributed by atoms with Crippen LogP contribution in [0.15, 0.2) is 12.1 Å². The van der Waals surface area contributed by atoms with Crippen molar-refractivity contribution in [2.24, 2.45) is 11.8 Å². The maximum atomic E-state index is 2.51. The molecule has 2 heteroatoms. The van der Waals surface area contributed by atoms with E-state index in [0.29, 0.717) is 0 Å². The molecule has 1 aliphatic rings. The number of rotatable bonds is 6. The van der Waals surface area contributed by atoms with Gasteiger partial charge >= 0.3 is 0 Å². The lowest BCUT2D eigenvalue weighted by Gasteiger charge is -2.30. The Labute approximate surface area is 143 Å². The lowest BCUT2D eigenvalue weighted by atomic mass is 9.76. The van der Waals surface area contributed by atoms with Gasteiger partial charge in [0.1, 0.15) is 0 Å². The predicted octanol–water partition coefficient (Wildman–Crippen LogP) is 7.63. The average Bonchev–Trinajstić information content (AvgIpc) is 3.06. The molecule has 2 heterocycles. The van der Waals surface area contributed by atoms with Crippen LogP contribution in [0.5, 0.6) is 0 Å². The maximum Gasteiger partial charge on any atom is 0.0456 e. The van der Waals surface area contributed by atoms with E-state index >= 15 is 0 Å². The van der Waals surface area contributed by atoms with E-state index in [9.17, 15) is 0 Å². The van der Waals surface area contributed by atoms with Crippen LogP contribution in [0.2, 0.25) is 0 Å². The van der Waals surface area contributed by atoms with Gasteiger partial charge in [0.05, 0.1) is 0 Å². The fraction of sp³-hybridized carbons (Fsp3) is 0.700. The van der Waals surface area contributed by atoms with E-state index in [-0.39, 0.29) is 0 Å². The van der Waals surface area contributed by atoms with Gasteiger partial charge in [-0.25, -0.2) is 0 Å². The van der Waals surface area contributed by atoms with Crippen LogP contribution < -0.4 is 0 Å². The molecular weight excluding hydrogens is 304 g/mol. The Morgan fingerprint density at radius 1 is 1.05 bits per heavy atom. The summed E-state index contributed by atoms with van der Waals surface area (Å²) in [6.07, 6.45) is 11.1. The van der Waals surface area contributed by atoms with Gasteiger partial charge in [0, 0.05) is 19.2 Å². The predicted molar refractivity (Wildman–Crippen MR) is 102 cm³/mol. The average molecular weight is 335 g/mol. The van der Waals surface area contributed by atoms with Gasteiger partial charge in [0.2, 0.25) is 0 Å². The van der Waals surface area contributed by atoms with Crippen molar-refractivity contribution in [3.05, 3.63) is 21.9 Å². The molecule has 0 saturated heterocycles. The number of hydrogen-bond donors (Lipinski definition) is 0. The van der Waals surface area contributed by atoms with E-state index in [1.54, 1.807) is 19.2 Å². The molecule has 1 fully saturated rings. The molecule has 1 atom stereocenters. The van der Waals surface area contributed by atoms with E-state index in [2.05, 4.69) is 44.2 Å². The Bertz CT molecular complexity index is 552. The zero-order valence-electron chi connectivity index (χ0n) is 14.4. The van der Waals surface area contributed by atoms with Gasteiger partial charge in [0.25, 0.3) is 0 Å². The summed E-state index contributed by atoms with van der Waals surface area (Å²) < 4.78 is 3.09. The molecule has 2 aromatic rings. The first-order valence-electron chi connectivity index (χ1n) is 9.19. The van der Waals surface area contributed by atoms with Crippen molar-refractivity contribution in [1.82, 2.24) is 0 Å². The molecule has 0 radical (unpaired) electrons. The Kier molecular flexibility index (Phi) is 5.62. The lowest BCUT2D eigenvalue weighted by molar-refractivity contribution is 0.263. The van der Waals surface area contributed by atoms with Crippen molar-refractivity contribution < 1.29 is 0 Å². The second-order valence-corrected chi connectivity index (χ2v) is 9.64. The third kappa shape index (κ3) is 3.76. The van der Waals surface area contributed by atoms with Crippen LogP contribution in [0.25, 0.3) is 9.40 Å². The number of fused-ring (bicyclic) bond motifs is 1. The second-order valence-electron chi connectivity index (χ2n) is 7.36. The van der Waals surface area contributed by atoms with E-state index in [4.69, 9.17) is 0 Å². The summed E-state index contributed by atoms with van der Waals surface area (Å²) in [5, 5.41) is 0. The standard InChI is InChI=1S/C20H30S2/c1-4-5-6-7-17-12-19-20(21-17)13-18(22-19)15(3)16-10-8-14(2)9-11-16/h12-16H,4-11H2,1-3H3. The fourth-order valence-corrected chi connectivity index (χ4v) is 6.44. The Morgan fingerprint density at radius 3 is 2.45 bits per heavy atom. The van der Waals surface area contributed by atoms with Crippen molar-refractivity contribution in [2.45, 2.75) is 78.1 Å². The Balaban J connectivity index is 1.65. The highest BCUT2D eigenvalue weighted by molar-refractivity contribution is 7.27. The molecule has 1 aliphatic carbocycles. The van der Waals surface area contributed by atoms with E-state index in [0.717, 1.165) is 17.8 Å². The molecular formula is C20H30S2. The summed E-state index contributed by atoms with van der Waals surface area (Å²) >= 11 is 4.11. The molecule has 0 N–H and O–H groups in total. The summed E-state index contributed by atoms with van der Waals surface area (Å²) in [5.41, 5.74) is 0. The molecule has 0 bridgehead atoms. The third-order valence-electron chi connectivity index (χ3n) is 5.52. The highest BCUT2D eigenvalue weighted by atomic mass is 32.1. The smallest absolute Gasteiger partial charge is 0.0456 e. The fourth-order valence-electron chi connectivity index (χ4n) is 3.82. The van der Waals surface area contributed by atoms with Crippen LogP contribution in [-0.2, 0) is 6.42 Å². The van der Waals surface area contributed by atoms with Crippen LogP contribution in [0.1, 0.15) is 81.4 Å². The highest BCUT2D eigenvalue weighted by Gasteiger charge is 2.25. The van der Waals surface area contributed by atoms with Gasteiger partial charge < -0.3 is 0 Å². The Morgan fingerprint density at radius 2 is 1.77 bits per heavy atom. The molecule has 0 aliphatic heterocycles. The highest BCUT2D eigenvalue weighted by Crippen LogP contribution is 2.43. The molecule has 3 rings (SSSR count). The van der Waals surface area contributed by atoms with Crippen molar-refractivity contribution in [3.63, 3.8) is 0 Å². The number of thiophene rings is 2. The first-order valence-corrected chi connectivity index (χ1v) is 10.8. The summed E-state index contributed by atoms with van der Waals surface area (Å²) in [6, 6.07) is 4.98. The van der Waals surface area contributed by atoms with Crippen molar-refractivity contribution in [2.75, 3.05) is 0 Å². The van der Waals surface area contributed by atoms with Gasteiger partial charge in [-0.2, -0.15) is 0 Å². The number of unbranched alkanes of at least 4 members (excludes halogenated alkanes) is 2. The largest absolute Gasteiger partial charge is 0.139 e.